The van der Waals surface area contributed by atoms with Gasteiger partial charge in [0.15, 0.2) is 0 Å². The second kappa shape index (κ2) is 5.39. The number of hydrogen-bond donors (Lipinski definition) is 2. The Kier molecular flexibility index (Phi) is 3.86. The number of carboxylic acids is 1. The Morgan fingerprint density at radius 2 is 2.22 bits per heavy atom. The van der Waals surface area contributed by atoms with Gasteiger partial charge in [-0.1, -0.05) is 12.2 Å². The first-order valence-corrected chi connectivity index (χ1v) is 6.14. The molecule has 6 nitrogen and oxygen atoms in total. The fourth-order valence-corrected chi connectivity index (χ4v) is 2.26. The average Bonchev–Trinajstić information content (AvgIpc) is 2.78. The molecule has 0 bridgehead atoms. The van der Waals surface area contributed by atoms with E-state index in [2.05, 4.69) is 5.32 Å². The second-order valence-corrected chi connectivity index (χ2v) is 4.74. The van der Waals surface area contributed by atoms with Gasteiger partial charge in [-0.2, -0.15) is 0 Å². The molecule has 0 saturated carbocycles. The first-order chi connectivity index (χ1) is 8.58. The Bertz CT molecular complexity index is 369. The van der Waals surface area contributed by atoms with Crippen LogP contribution < -0.4 is 5.32 Å². The number of carbonyl (C=O) groups excluding carboxylic acids is 1. The predicted molar refractivity (Wildman–Crippen MR) is 64.2 cm³/mol. The van der Waals surface area contributed by atoms with E-state index in [-0.39, 0.29) is 18.1 Å². The van der Waals surface area contributed by atoms with Crippen molar-refractivity contribution in [1.82, 2.24) is 10.2 Å². The van der Waals surface area contributed by atoms with Crippen LogP contribution in [0, 0.1) is 5.92 Å². The monoisotopic (exact) mass is 254 g/mol. The molecule has 2 amide bonds. The van der Waals surface area contributed by atoms with Gasteiger partial charge in [-0.15, -0.1) is 0 Å². The second-order valence-electron chi connectivity index (χ2n) is 4.74. The number of aliphatic carboxylic acids is 1. The van der Waals surface area contributed by atoms with Crippen LogP contribution >= 0.6 is 0 Å². The summed E-state index contributed by atoms with van der Waals surface area (Å²) in [6, 6.07) is -0.278. The van der Waals surface area contributed by atoms with Crippen LogP contribution in [0.4, 0.5) is 4.79 Å². The van der Waals surface area contributed by atoms with E-state index in [0.29, 0.717) is 26.2 Å². The Hall–Kier alpha value is -1.56. The molecule has 0 radical (unpaired) electrons. The van der Waals surface area contributed by atoms with E-state index in [1.54, 1.807) is 17.1 Å². The molecule has 1 aliphatic heterocycles. The fourth-order valence-electron chi connectivity index (χ4n) is 2.26. The van der Waals surface area contributed by atoms with Gasteiger partial charge in [0.05, 0.1) is 31.2 Å². The van der Waals surface area contributed by atoms with E-state index in [9.17, 15) is 9.59 Å². The summed E-state index contributed by atoms with van der Waals surface area (Å²) in [5.41, 5.74) is 0. The van der Waals surface area contributed by atoms with Gasteiger partial charge in [0.25, 0.3) is 0 Å². The molecule has 0 aromatic rings. The molecule has 100 valence electrons. The highest BCUT2D eigenvalue weighted by molar-refractivity contribution is 5.76. The highest BCUT2D eigenvalue weighted by Crippen LogP contribution is 2.18. The largest absolute Gasteiger partial charge is 0.481 e. The van der Waals surface area contributed by atoms with Crippen molar-refractivity contribution in [2.45, 2.75) is 25.4 Å². The molecule has 2 rings (SSSR count). The molecule has 2 N–H and O–H groups in total. The molecule has 3 unspecified atom stereocenters. The van der Waals surface area contributed by atoms with Gasteiger partial charge in [0.2, 0.25) is 0 Å². The van der Waals surface area contributed by atoms with Crippen LogP contribution in [0.3, 0.4) is 0 Å². The van der Waals surface area contributed by atoms with Crippen molar-refractivity contribution >= 4 is 12.0 Å². The van der Waals surface area contributed by atoms with E-state index in [0.717, 1.165) is 0 Å². The summed E-state index contributed by atoms with van der Waals surface area (Å²) in [4.78, 5) is 24.5. The van der Waals surface area contributed by atoms with Crippen LogP contribution in [0.2, 0.25) is 0 Å². The smallest absolute Gasteiger partial charge is 0.318 e. The first-order valence-electron chi connectivity index (χ1n) is 6.14. The summed E-state index contributed by atoms with van der Waals surface area (Å²) in [6.45, 7) is 3.61. The van der Waals surface area contributed by atoms with Crippen molar-refractivity contribution in [2.75, 3.05) is 19.8 Å². The van der Waals surface area contributed by atoms with Crippen LogP contribution in [-0.2, 0) is 9.53 Å². The Balaban J connectivity index is 1.85. The van der Waals surface area contributed by atoms with Crippen molar-refractivity contribution in [2.24, 2.45) is 5.92 Å². The number of urea groups is 1. The molecule has 3 atom stereocenters. The molecular formula is C12H18N2O4. The minimum atomic E-state index is -0.845. The summed E-state index contributed by atoms with van der Waals surface area (Å²) in [6.07, 6.45) is 3.82. The number of rotatable bonds is 2. The summed E-state index contributed by atoms with van der Waals surface area (Å²) in [7, 11) is 0. The van der Waals surface area contributed by atoms with E-state index in [4.69, 9.17) is 9.84 Å². The zero-order valence-electron chi connectivity index (χ0n) is 10.3. The number of carboxylic acid groups (broad SMARTS) is 1. The number of nitrogens with zero attached hydrogens (tertiary/aromatic N) is 1. The normalized spacial score (nSPS) is 31.4. The fraction of sp³-hybridized carbons (Fsp3) is 0.667. The Labute approximate surface area is 106 Å². The minimum absolute atomic E-state index is 0.0550. The predicted octanol–water partition coefficient (Wildman–Crippen LogP) is 0.446. The van der Waals surface area contributed by atoms with Crippen molar-refractivity contribution in [1.29, 1.82) is 0 Å². The van der Waals surface area contributed by atoms with Crippen LogP contribution in [-0.4, -0.2) is 53.8 Å². The van der Waals surface area contributed by atoms with E-state index in [1.165, 1.54) is 0 Å². The first kappa shape index (κ1) is 12.9. The number of ether oxygens (including phenoxy) is 1. The summed E-state index contributed by atoms with van der Waals surface area (Å²) in [5.74, 6) is -1.33. The van der Waals surface area contributed by atoms with Crippen LogP contribution in [0.25, 0.3) is 0 Å². The number of morpholine rings is 1. The maximum atomic E-state index is 12.0. The van der Waals surface area contributed by atoms with Gasteiger partial charge in [0.1, 0.15) is 0 Å². The zero-order valence-corrected chi connectivity index (χ0v) is 10.3. The van der Waals surface area contributed by atoms with Gasteiger partial charge >= 0.3 is 12.0 Å². The standard InChI is InChI=1S/C12H18N2O4/c1-8-7-18-5-4-14(8)12(17)13-10-3-2-9(6-10)11(15)16/h2-3,8-10H,4-7H2,1H3,(H,13,17)(H,15,16). The minimum Gasteiger partial charge on any atom is -0.481 e. The number of hydrogen-bond acceptors (Lipinski definition) is 3. The highest BCUT2D eigenvalue weighted by atomic mass is 16.5. The molecule has 1 fully saturated rings. The van der Waals surface area contributed by atoms with Gasteiger partial charge < -0.3 is 20.1 Å². The van der Waals surface area contributed by atoms with Crippen LogP contribution in [0.15, 0.2) is 12.2 Å². The quantitative estimate of drug-likeness (QED) is 0.701. The van der Waals surface area contributed by atoms with Crippen molar-refractivity contribution < 1.29 is 19.4 Å². The third-order valence-electron chi connectivity index (χ3n) is 3.34. The molecule has 0 spiro atoms. The van der Waals surface area contributed by atoms with E-state index < -0.39 is 11.9 Å². The van der Waals surface area contributed by atoms with Gasteiger partial charge in [-0.05, 0) is 13.3 Å². The van der Waals surface area contributed by atoms with Gasteiger partial charge in [-0.25, -0.2) is 4.79 Å². The number of carbonyl (C=O) groups is 2. The number of nitrogens with one attached hydrogen (secondary N) is 1. The maximum Gasteiger partial charge on any atom is 0.318 e. The lowest BCUT2D eigenvalue weighted by atomic mass is 10.1. The Morgan fingerprint density at radius 1 is 1.44 bits per heavy atom. The average molecular weight is 254 g/mol. The Morgan fingerprint density at radius 3 is 2.83 bits per heavy atom. The lowest BCUT2D eigenvalue weighted by molar-refractivity contribution is -0.140. The molecule has 6 heteroatoms. The lowest BCUT2D eigenvalue weighted by Gasteiger charge is -2.34. The number of amides is 2. The molecule has 0 aromatic carbocycles. The third-order valence-corrected chi connectivity index (χ3v) is 3.34. The summed E-state index contributed by atoms with van der Waals surface area (Å²) in [5, 5.41) is 11.7. The molecule has 1 heterocycles. The topological polar surface area (TPSA) is 78.9 Å². The van der Waals surface area contributed by atoms with Crippen molar-refractivity contribution in [3.8, 4) is 0 Å². The molecule has 18 heavy (non-hydrogen) atoms. The lowest BCUT2D eigenvalue weighted by Crippen LogP contribution is -2.52. The van der Waals surface area contributed by atoms with Gasteiger partial charge in [-0.3, -0.25) is 4.79 Å². The molecule has 2 aliphatic rings. The zero-order chi connectivity index (χ0) is 13.1. The molecule has 0 aromatic heterocycles. The van der Waals surface area contributed by atoms with Crippen molar-refractivity contribution in [3.05, 3.63) is 12.2 Å². The SMILES string of the molecule is CC1COCCN1C(=O)NC1C=CC(C(=O)O)C1. The van der Waals surface area contributed by atoms with Crippen LogP contribution in [0.5, 0.6) is 0 Å². The molecule has 1 aliphatic carbocycles. The molecule has 1 saturated heterocycles. The van der Waals surface area contributed by atoms with E-state index >= 15 is 0 Å². The van der Waals surface area contributed by atoms with Crippen molar-refractivity contribution in [3.63, 3.8) is 0 Å². The van der Waals surface area contributed by atoms with E-state index in [1.807, 2.05) is 6.92 Å². The summed E-state index contributed by atoms with van der Waals surface area (Å²) >= 11 is 0. The highest BCUT2D eigenvalue weighted by Gasteiger charge is 2.29. The summed E-state index contributed by atoms with van der Waals surface area (Å²) < 4.78 is 5.27. The maximum absolute atomic E-state index is 12.0. The third kappa shape index (κ3) is 2.81. The van der Waals surface area contributed by atoms with Crippen LogP contribution in [0.1, 0.15) is 13.3 Å². The molecular weight excluding hydrogens is 236 g/mol. The van der Waals surface area contributed by atoms with Gasteiger partial charge in [0, 0.05) is 6.54 Å².